The lowest BCUT2D eigenvalue weighted by atomic mass is 9.88. The number of para-hydroxylation sites is 2. The van der Waals surface area contributed by atoms with Gasteiger partial charge in [0.25, 0.3) is 0 Å². The van der Waals surface area contributed by atoms with Crippen LogP contribution in [0.2, 0.25) is 0 Å². The fraction of sp³-hybridized carbons (Fsp3) is 0.240. The predicted molar refractivity (Wildman–Crippen MR) is 134 cm³/mol. The summed E-state index contributed by atoms with van der Waals surface area (Å²) in [6.45, 7) is 5.32. The van der Waals surface area contributed by atoms with Crippen LogP contribution in [0.25, 0.3) is 43.6 Å². The number of rotatable bonds is 1. The molecule has 0 fully saturated rings. The van der Waals surface area contributed by atoms with Crippen LogP contribution in [-0.2, 0) is 16.3 Å². The Kier molecular flexibility index (Phi) is 3.39. The van der Waals surface area contributed by atoms with Crippen LogP contribution in [0, 0.1) is 0 Å². The lowest BCUT2D eigenvalue weighted by Gasteiger charge is -2.21. The molecule has 6 heteroatoms. The fourth-order valence-electron chi connectivity index (χ4n) is 6.06. The maximum Gasteiger partial charge on any atom is 0.149 e. The third kappa shape index (κ3) is 2.04. The number of hydrogen-bond acceptors (Lipinski definition) is 3. The van der Waals surface area contributed by atoms with Crippen LogP contribution in [-0.4, -0.2) is 14.1 Å². The van der Waals surface area contributed by atoms with Gasteiger partial charge in [0.05, 0.1) is 22.1 Å². The molecule has 5 aromatic rings. The molecular formula is C25H21N3OS2. The number of nitrogens with one attached hydrogen (secondary N) is 1. The van der Waals surface area contributed by atoms with E-state index in [0.717, 1.165) is 18.0 Å². The molecule has 7 rings (SSSR count). The van der Waals surface area contributed by atoms with Crippen molar-refractivity contribution in [1.82, 2.24) is 14.5 Å². The van der Waals surface area contributed by atoms with E-state index in [0.29, 0.717) is 0 Å². The third-order valence-corrected chi connectivity index (χ3v) is 7.69. The Hall–Kier alpha value is -2.54. The Morgan fingerprint density at radius 1 is 1.00 bits per heavy atom. The van der Waals surface area contributed by atoms with Gasteiger partial charge in [0.2, 0.25) is 0 Å². The van der Waals surface area contributed by atoms with Gasteiger partial charge >= 0.3 is 0 Å². The maximum absolute atomic E-state index is 5.95. The van der Waals surface area contributed by atoms with E-state index in [1.165, 1.54) is 54.7 Å². The molecule has 0 radical (unpaired) electrons. The van der Waals surface area contributed by atoms with Crippen LogP contribution in [0.5, 0.6) is 0 Å². The number of benzene rings is 3. The first-order chi connectivity index (χ1) is 15.0. The Labute approximate surface area is 190 Å². The van der Waals surface area contributed by atoms with E-state index in [9.17, 15) is 0 Å². The minimum atomic E-state index is -0.262. The highest BCUT2D eigenvalue weighted by atomic mass is 32.1. The number of aromatic nitrogens is 2. The lowest BCUT2D eigenvalue weighted by molar-refractivity contribution is 0.164. The maximum atomic E-state index is 5.95. The average molecular weight is 444 g/mol. The van der Waals surface area contributed by atoms with Crippen molar-refractivity contribution in [3.63, 3.8) is 0 Å². The zero-order chi connectivity index (χ0) is 21.1. The summed E-state index contributed by atoms with van der Waals surface area (Å²) in [7, 11) is 0. The highest BCUT2D eigenvalue weighted by Crippen LogP contribution is 2.50. The molecule has 154 valence electrons. The van der Waals surface area contributed by atoms with E-state index in [-0.39, 0.29) is 11.8 Å². The highest BCUT2D eigenvalue weighted by Gasteiger charge is 2.40. The number of thiol groups is 1. The van der Waals surface area contributed by atoms with Gasteiger partial charge in [-0.25, -0.2) is 0 Å². The van der Waals surface area contributed by atoms with Gasteiger partial charge in [-0.1, -0.05) is 48.6 Å². The topological polar surface area (TPSA) is 31.1 Å². The molecule has 0 saturated carbocycles. The van der Waals surface area contributed by atoms with Gasteiger partial charge in [-0.2, -0.15) is 0 Å². The smallest absolute Gasteiger partial charge is 0.149 e. The number of hydrogen-bond donors (Lipinski definition) is 2. The van der Waals surface area contributed by atoms with Crippen LogP contribution in [0.1, 0.15) is 37.6 Å². The average Bonchev–Trinajstić information content (AvgIpc) is 3.29. The lowest BCUT2D eigenvalue weighted by Crippen LogP contribution is -2.32. The van der Waals surface area contributed by atoms with Gasteiger partial charge in [0.1, 0.15) is 11.2 Å². The predicted octanol–water partition coefficient (Wildman–Crippen LogP) is 6.18. The first-order valence-corrected chi connectivity index (χ1v) is 11.4. The Morgan fingerprint density at radius 2 is 1.68 bits per heavy atom. The molecule has 0 aliphatic carbocycles. The summed E-state index contributed by atoms with van der Waals surface area (Å²) in [5.41, 5.74) is 7.11. The Balaban J connectivity index is 1.91. The van der Waals surface area contributed by atoms with E-state index in [2.05, 4.69) is 89.7 Å². The Morgan fingerprint density at radius 3 is 2.42 bits per heavy atom. The Bertz CT molecular complexity index is 1610. The van der Waals surface area contributed by atoms with E-state index in [4.69, 9.17) is 16.4 Å². The van der Waals surface area contributed by atoms with Gasteiger partial charge in [-0.05, 0) is 44.5 Å². The fourth-order valence-corrected chi connectivity index (χ4v) is 6.72. The minimum Gasteiger partial charge on any atom is -0.367 e. The summed E-state index contributed by atoms with van der Waals surface area (Å²) in [5.74, 6) is 0. The van der Waals surface area contributed by atoms with Crippen LogP contribution >= 0.6 is 25.1 Å². The molecule has 0 saturated heterocycles. The van der Waals surface area contributed by atoms with Crippen LogP contribution < -0.4 is 5.32 Å². The number of nitrogens with zero attached hydrogens (tertiary/aromatic N) is 2. The number of thiocarbonyl (C=S) groups is 1. The molecular weight excluding hydrogens is 422 g/mol. The summed E-state index contributed by atoms with van der Waals surface area (Å²) >= 11 is 10.2. The molecule has 0 amide bonds. The second-order valence-corrected chi connectivity index (χ2v) is 9.80. The van der Waals surface area contributed by atoms with Gasteiger partial charge in [0.15, 0.2) is 0 Å². The van der Waals surface area contributed by atoms with Crippen molar-refractivity contribution in [1.29, 1.82) is 0 Å². The molecule has 1 N–H and O–H groups in total. The van der Waals surface area contributed by atoms with Crippen LogP contribution in [0.15, 0.2) is 48.5 Å². The number of aryl methyl sites for hydroxylation is 1. The molecule has 4 heterocycles. The van der Waals surface area contributed by atoms with E-state index < -0.39 is 0 Å². The molecule has 3 aromatic carbocycles. The molecule has 2 aromatic heterocycles. The zero-order valence-electron chi connectivity index (χ0n) is 17.3. The van der Waals surface area contributed by atoms with Crippen molar-refractivity contribution in [2.45, 2.75) is 38.6 Å². The number of fused-ring (bicyclic) bond motifs is 9. The summed E-state index contributed by atoms with van der Waals surface area (Å²) < 4.78 is 10.6. The molecule has 0 spiro atoms. The molecule has 2 aliphatic heterocycles. The second kappa shape index (κ2) is 5.82. The second-order valence-electron chi connectivity index (χ2n) is 9.18. The summed E-state index contributed by atoms with van der Waals surface area (Å²) in [6.07, 6.45) is 0.700. The largest absolute Gasteiger partial charge is 0.367 e. The molecule has 0 bridgehead atoms. The van der Waals surface area contributed by atoms with Gasteiger partial charge in [-0.15, -0.1) is 0 Å². The standard InChI is InChI=1S/C25H21N3OS2/c1-25(2)21-19-14-8-4-6-10-16(14)28-17(29-31)11-12-27-15-9-5-3-7-13(15)18(22(27)23(19)28)20(21)24(30)26-25/h3-10,17,31H,11-12H2,1-2H3,(H,26,30). The first-order valence-electron chi connectivity index (χ1n) is 10.7. The molecule has 2 aliphatic rings. The van der Waals surface area contributed by atoms with Crippen molar-refractivity contribution in [3.05, 3.63) is 59.7 Å². The molecule has 4 nitrogen and oxygen atoms in total. The molecule has 1 unspecified atom stereocenters. The first kappa shape index (κ1) is 18.1. The summed E-state index contributed by atoms with van der Waals surface area (Å²) in [5, 5.41) is 8.65. The van der Waals surface area contributed by atoms with E-state index in [1.54, 1.807) is 0 Å². The van der Waals surface area contributed by atoms with E-state index >= 15 is 0 Å². The quantitative estimate of drug-likeness (QED) is 0.184. The van der Waals surface area contributed by atoms with Crippen LogP contribution in [0.4, 0.5) is 0 Å². The van der Waals surface area contributed by atoms with Gasteiger partial charge < -0.3 is 14.5 Å². The van der Waals surface area contributed by atoms with Crippen molar-refractivity contribution >= 4 is 73.7 Å². The molecule has 1 atom stereocenters. The zero-order valence-corrected chi connectivity index (χ0v) is 19.0. The van der Waals surface area contributed by atoms with E-state index in [1.807, 2.05) is 0 Å². The normalized spacial score (nSPS) is 19.6. The summed E-state index contributed by atoms with van der Waals surface area (Å²) in [6, 6.07) is 17.3. The summed E-state index contributed by atoms with van der Waals surface area (Å²) in [4.78, 5) is 0.841. The van der Waals surface area contributed by atoms with Crippen molar-refractivity contribution in [2.24, 2.45) is 0 Å². The highest BCUT2D eigenvalue weighted by molar-refractivity contribution is 7.80. The van der Waals surface area contributed by atoms with Crippen molar-refractivity contribution in [3.8, 4) is 0 Å². The van der Waals surface area contributed by atoms with Gasteiger partial charge in [0, 0.05) is 45.6 Å². The third-order valence-electron chi connectivity index (χ3n) is 7.14. The monoisotopic (exact) mass is 443 g/mol. The van der Waals surface area contributed by atoms with Crippen molar-refractivity contribution < 1.29 is 4.18 Å². The van der Waals surface area contributed by atoms with Crippen LogP contribution in [0.3, 0.4) is 0 Å². The SMILES string of the molecule is CC1(C)NC(=S)c2c1c1c3ccccc3n3c1c1c2c2ccccc2n1CCC3OS. The molecule has 31 heavy (non-hydrogen) atoms. The van der Waals surface area contributed by atoms with Gasteiger partial charge in [-0.3, -0.25) is 4.18 Å². The van der Waals surface area contributed by atoms with Crippen molar-refractivity contribution in [2.75, 3.05) is 0 Å². The minimum absolute atomic E-state index is 0.143.